The second-order valence-electron chi connectivity index (χ2n) is 6.81. The normalized spacial score (nSPS) is 18.1. The number of alkyl halides is 1. The van der Waals surface area contributed by atoms with Gasteiger partial charge in [-0.2, -0.15) is 8.68 Å². The lowest BCUT2D eigenvalue weighted by atomic mass is 10.1. The second-order valence-corrected chi connectivity index (χ2v) is 10.0. The number of hydrogen-bond donors (Lipinski definition) is 0. The van der Waals surface area contributed by atoms with Crippen molar-refractivity contribution in [2.75, 3.05) is 36.2 Å². The van der Waals surface area contributed by atoms with E-state index in [0.717, 1.165) is 0 Å². The van der Waals surface area contributed by atoms with Crippen LogP contribution >= 0.6 is 23.1 Å². The van der Waals surface area contributed by atoms with Gasteiger partial charge in [-0.25, -0.2) is 13.4 Å². The lowest BCUT2D eigenvalue weighted by Crippen LogP contribution is -2.54. The van der Waals surface area contributed by atoms with Crippen LogP contribution in [-0.2, 0) is 16.4 Å². The highest BCUT2D eigenvalue weighted by Crippen LogP contribution is 2.26. The molecule has 1 saturated heterocycles. The number of para-hydroxylation sites is 1. The Morgan fingerprint density at radius 1 is 1.34 bits per heavy atom. The van der Waals surface area contributed by atoms with Crippen molar-refractivity contribution in [3.05, 3.63) is 45.8 Å². The largest absolute Gasteiger partial charge is 0.342 e. The molecule has 1 aromatic heterocycles. The van der Waals surface area contributed by atoms with Gasteiger partial charge >= 0.3 is 0 Å². The molecule has 2 heterocycles. The Morgan fingerprint density at radius 2 is 2.10 bits per heavy atom. The Balaban J connectivity index is 1.68. The second kappa shape index (κ2) is 9.33. The van der Waals surface area contributed by atoms with E-state index < -0.39 is 14.9 Å². The third-order valence-electron chi connectivity index (χ3n) is 4.76. The highest BCUT2D eigenvalue weighted by Gasteiger charge is 2.32. The predicted octanol–water partition coefficient (Wildman–Crippen LogP) is 2.51. The van der Waals surface area contributed by atoms with Crippen LogP contribution in [0.25, 0.3) is 0 Å². The molecular weight excluding hydrogens is 438 g/mol. The number of halogens is 1. The fourth-order valence-electron chi connectivity index (χ4n) is 3.27. The molecule has 0 N–H and O–H groups in total. The highest BCUT2D eigenvalue weighted by atomic mass is 35.5. The molecule has 158 valence electrons. The van der Waals surface area contributed by atoms with Gasteiger partial charge in [-0.1, -0.05) is 18.2 Å². The zero-order valence-electron chi connectivity index (χ0n) is 15.9. The van der Waals surface area contributed by atoms with Crippen LogP contribution in [0.5, 0.6) is 0 Å². The molecule has 0 saturated carbocycles. The number of rotatable bonds is 8. The van der Waals surface area contributed by atoms with Gasteiger partial charge in [0.2, 0.25) is 15.2 Å². The first-order chi connectivity index (χ1) is 13.8. The Morgan fingerprint density at radius 3 is 2.79 bits per heavy atom. The van der Waals surface area contributed by atoms with Crippen LogP contribution in [0.3, 0.4) is 0 Å². The summed E-state index contributed by atoms with van der Waals surface area (Å²) in [6, 6.07) is 6.49. The third kappa shape index (κ3) is 5.21. The summed E-state index contributed by atoms with van der Waals surface area (Å²) >= 11 is 6.85. The molecule has 0 aliphatic carbocycles. The Labute approximate surface area is 178 Å². The molecule has 3 rings (SSSR count). The lowest BCUT2D eigenvalue weighted by Gasteiger charge is -2.38. The molecule has 2 aromatic rings. The number of anilines is 1. The summed E-state index contributed by atoms with van der Waals surface area (Å²) in [6.45, 7) is 3.23. The van der Waals surface area contributed by atoms with Gasteiger partial charge in [0, 0.05) is 61.1 Å². The smallest absolute Gasteiger partial charge is 0.273 e. The Hall–Kier alpha value is -1.82. The zero-order chi connectivity index (χ0) is 21.0. The predicted molar refractivity (Wildman–Crippen MR) is 113 cm³/mol. The quantitative estimate of drug-likeness (QED) is 0.339. The average Bonchev–Trinajstić information content (AvgIpc) is 3.14. The van der Waals surface area contributed by atoms with Gasteiger partial charge in [0.1, 0.15) is 5.82 Å². The monoisotopic (exact) mass is 459 g/mol. The molecule has 1 fully saturated rings. The Kier molecular flexibility index (Phi) is 7.04. The summed E-state index contributed by atoms with van der Waals surface area (Å²) in [6.07, 6.45) is 0.707. The van der Waals surface area contributed by atoms with Crippen LogP contribution in [-0.4, -0.2) is 64.3 Å². The minimum atomic E-state index is -3.31. The van der Waals surface area contributed by atoms with E-state index in [1.807, 2.05) is 11.8 Å². The molecule has 1 aliphatic rings. The van der Waals surface area contributed by atoms with Crippen molar-refractivity contribution in [3.63, 3.8) is 0 Å². The maximum Gasteiger partial charge on any atom is 0.273 e. The number of nitrogens with zero attached hydrogens (tertiary/aromatic N) is 5. The van der Waals surface area contributed by atoms with Crippen molar-refractivity contribution < 1.29 is 13.3 Å². The van der Waals surface area contributed by atoms with E-state index in [1.165, 1.54) is 21.9 Å². The first-order valence-electron chi connectivity index (χ1n) is 9.17. The van der Waals surface area contributed by atoms with Gasteiger partial charge < -0.3 is 4.90 Å². The van der Waals surface area contributed by atoms with Gasteiger partial charge in [-0.05, 0) is 13.3 Å². The molecule has 1 atom stereocenters. The number of nitro groups is 1. The molecule has 1 aromatic carbocycles. The van der Waals surface area contributed by atoms with Crippen LogP contribution < -0.4 is 4.90 Å². The Bertz CT molecular complexity index is 968. The molecule has 1 unspecified atom stereocenters. The first kappa shape index (κ1) is 21.9. The topological polar surface area (TPSA) is 110 Å². The van der Waals surface area contributed by atoms with Gasteiger partial charge in [0.05, 0.1) is 10.7 Å². The number of piperazine rings is 1. The number of sulfonamides is 1. The van der Waals surface area contributed by atoms with Crippen molar-refractivity contribution in [1.29, 1.82) is 0 Å². The van der Waals surface area contributed by atoms with E-state index in [9.17, 15) is 18.5 Å². The lowest BCUT2D eigenvalue weighted by molar-refractivity contribution is -0.385. The van der Waals surface area contributed by atoms with E-state index in [0.29, 0.717) is 48.5 Å². The zero-order valence-corrected chi connectivity index (χ0v) is 18.3. The number of hydrogen-bond acceptors (Lipinski definition) is 8. The van der Waals surface area contributed by atoms with Crippen molar-refractivity contribution in [2.24, 2.45) is 0 Å². The maximum absolute atomic E-state index is 12.4. The fraction of sp³-hybridized carbons (Fsp3) is 0.529. The van der Waals surface area contributed by atoms with Crippen LogP contribution in [0, 0.1) is 10.1 Å². The minimum Gasteiger partial charge on any atom is -0.342 e. The highest BCUT2D eigenvalue weighted by molar-refractivity contribution is 7.89. The molecule has 12 heteroatoms. The summed E-state index contributed by atoms with van der Waals surface area (Å²) in [4.78, 5) is 17.4. The van der Waals surface area contributed by atoms with Gasteiger partial charge in [0.25, 0.3) is 5.69 Å². The molecule has 1 aliphatic heterocycles. The molecule has 29 heavy (non-hydrogen) atoms. The summed E-state index contributed by atoms with van der Waals surface area (Å²) in [5.74, 6) is 0.896. The van der Waals surface area contributed by atoms with E-state index in [-0.39, 0.29) is 23.9 Å². The van der Waals surface area contributed by atoms with Crippen molar-refractivity contribution >= 4 is 44.0 Å². The van der Waals surface area contributed by atoms with E-state index in [1.54, 1.807) is 18.2 Å². The number of aromatic nitrogens is 2. The summed E-state index contributed by atoms with van der Waals surface area (Å²) in [7, 11) is -3.31. The van der Waals surface area contributed by atoms with Gasteiger partial charge in [-0.15, -0.1) is 11.6 Å². The van der Waals surface area contributed by atoms with Crippen LogP contribution in [0.4, 0.5) is 10.8 Å². The summed E-state index contributed by atoms with van der Waals surface area (Å²) in [5.41, 5.74) is 0.609. The first-order valence-corrected chi connectivity index (χ1v) is 12.1. The SMILES string of the molecule is CC1CN(S(=O)(=O)CCCCl)CCN1c1nc(Cc2ccccc2[N+](=O)[O-])ns1. The van der Waals surface area contributed by atoms with E-state index in [2.05, 4.69) is 9.36 Å². The maximum atomic E-state index is 12.4. The van der Waals surface area contributed by atoms with Crippen LogP contribution in [0.1, 0.15) is 24.7 Å². The average molecular weight is 460 g/mol. The molecule has 0 spiro atoms. The van der Waals surface area contributed by atoms with Crippen molar-refractivity contribution in [2.45, 2.75) is 25.8 Å². The summed E-state index contributed by atoms with van der Waals surface area (Å²) in [5, 5.41) is 11.9. The molecule has 9 nitrogen and oxygen atoms in total. The fourth-order valence-corrected chi connectivity index (χ4v) is 5.95. The molecular formula is C17H22ClN5O4S2. The minimum absolute atomic E-state index is 0.0491. The third-order valence-corrected chi connectivity index (χ3v) is 7.74. The molecule has 0 bridgehead atoms. The number of nitro benzene ring substituents is 1. The van der Waals surface area contributed by atoms with Gasteiger partial charge in [0.15, 0.2) is 0 Å². The van der Waals surface area contributed by atoms with Crippen molar-refractivity contribution in [3.8, 4) is 0 Å². The van der Waals surface area contributed by atoms with Crippen LogP contribution in [0.2, 0.25) is 0 Å². The van der Waals surface area contributed by atoms with E-state index >= 15 is 0 Å². The summed E-state index contributed by atoms with van der Waals surface area (Å²) < 4.78 is 30.7. The standard InChI is InChI=1S/C17H22ClN5O4S2/c1-13-12-21(29(26,27)10-4-7-18)8-9-22(13)17-19-16(20-28-17)11-14-5-2-3-6-15(14)23(24)25/h2-3,5-6,13H,4,7-12H2,1H3. The molecule has 0 radical (unpaired) electrons. The molecule has 0 amide bonds. The number of benzene rings is 1. The van der Waals surface area contributed by atoms with Gasteiger partial charge in [-0.3, -0.25) is 10.1 Å². The van der Waals surface area contributed by atoms with Crippen molar-refractivity contribution in [1.82, 2.24) is 13.7 Å². The van der Waals surface area contributed by atoms with Crippen LogP contribution in [0.15, 0.2) is 24.3 Å². The van der Waals surface area contributed by atoms with E-state index in [4.69, 9.17) is 11.6 Å².